The maximum atomic E-state index is 13.3. The predicted molar refractivity (Wildman–Crippen MR) is 127 cm³/mol. The summed E-state index contributed by atoms with van der Waals surface area (Å²) in [6.07, 6.45) is 4.60. The summed E-state index contributed by atoms with van der Waals surface area (Å²) in [4.78, 5) is 17.6. The Hall–Kier alpha value is -2.63. The molecule has 1 amide bonds. The summed E-state index contributed by atoms with van der Waals surface area (Å²) in [6, 6.07) is 17.2. The van der Waals surface area contributed by atoms with E-state index in [4.69, 9.17) is 4.74 Å². The minimum atomic E-state index is -0.161. The lowest BCUT2D eigenvalue weighted by atomic mass is 9.56. The summed E-state index contributed by atoms with van der Waals surface area (Å²) in [5, 5.41) is 10.3. The van der Waals surface area contributed by atoms with Gasteiger partial charge in [-0.05, 0) is 55.6 Å². The van der Waals surface area contributed by atoms with Crippen molar-refractivity contribution in [3.05, 3.63) is 78.4 Å². The molecule has 2 aromatic rings. The first kappa shape index (κ1) is 22.6. The first-order chi connectivity index (χ1) is 15.5. The highest BCUT2D eigenvalue weighted by Crippen LogP contribution is 2.51. The molecule has 32 heavy (non-hydrogen) atoms. The molecule has 5 nitrogen and oxygen atoms in total. The Morgan fingerprint density at radius 2 is 2.06 bits per heavy atom. The Bertz CT molecular complexity index is 947. The Balaban J connectivity index is 1.70. The van der Waals surface area contributed by atoms with Crippen molar-refractivity contribution >= 4 is 5.91 Å². The lowest BCUT2D eigenvalue weighted by Gasteiger charge is -2.56. The fourth-order valence-corrected chi connectivity index (χ4v) is 5.90. The standard InChI is InChI=1S/C27H34N2O3/c1-4-14-29-15-13-27(21-11-8-12-23(30)16-21)18-22(17-25(32-3)24(27)19-29)28(2)26(31)20-9-6-5-7-10-20/h4-12,16,22,24-25,30H,1,13-15,17-19H2,2-3H3. The predicted octanol–water partition coefficient (Wildman–Crippen LogP) is 4.09. The first-order valence-electron chi connectivity index (χ1n) is 11.5. The van der Waals surface area contributed by atoms with Crippen molar-refractivity contribution in [1.29, 1.82) is 0 Å². The van der Waals surface area contributed by atoms with Crippen molar-refractivity contribution in [3.63, 3.8) is 0 Å². The van der Waals surface area contributed by atoms with Gasteiger partial charge in [0.2, 0.25) is 0 Å². The summed E-state index contributed by atoms with van der Waals surface area (Å²) >= 11 is 0. The number of amides is 1. The van der Waals surface area contributed by atoms with Crippen LogP contribution in [-0.4, -0.2) is 66.8 Å². The number of carbonyl (C=O) groups excluding carboxylic acids is 1. The fraction of sp³-hybridized carbons (Fsp3) is 0.444. The summed E-state index contributed by atoms with van der Waals surface area (Å²) in [7, 11) is 3.70. The number of rotatable bonds is 6. The molecule has 0 spiro atoms. The van der Waals surface area contributed by atoms with E-state index in [-0.39, 0.29) is 35.1 Å². The molecule has 1 aliphatic carbocycles. The molecule has 1 aliphatic heterocycles. The van der Waals surface area contributed by atoms with E-state index in [1.165, 1.54) is 0 Å². The molecule has 0 bridgehead atoms. The first-order valence-corrected chi connectivity index (χ1v) is 11.5. The molecule has 1 saturated carbocycles. The number of phenols is 1. The SMILES string of the molecule is C=CCN1CCC2(c3cccc(O)c3)CC(N(C)C(=O)c3ccccc3)CC(OC)C2C1. The smallest absolute Gasteiger partial charge is 0.253 e. The van der Waals surface area contributed by atoms with Crippen LogP contribution in [0.3, 0.4) is 0 Å². The number of hydrogen-bond donors (Lipinski definition) is 1. The van der Waals surface area contributed by atoms with Gasteiger partial charge in [0.15, 0.2) is 0 Å². The van der Waals surface area contributed by atoms with Gasteiger partial charge in [0.1, 0.15) is 5.75 Å². The van der Waals surface area contributed by atoms with Crippen LogP contribution in [0.5, 0.6) is 5.75 Å². The molecule has 1 N–H and O–H groups in total. The van der Waals surface area contributed by atoms with E-state index in [1.807, 2.05) is 60.5 Å². The third-order valence-electron chi connectivity index (χ3n) is 7.59. The monoisotopic (exact) mass is 434 g/mol. The second kappa shape index (κ2) is 9.47. The summed E-state index contributed by atoms with van der Waals surface area (Å²) in [6.45, 7) is 6.65. The molecule has 1 saturated heterocycles. The van der Waals surface area contributed by atoms with Crippen molar-refractivity contribution in [2.24, 2.45) is 5.92 Å². The number of aromatic hydroxyl groups is 1. The molecule has 2 aromatic carbocycles. The van der Waals surface area contributed by atoms with Gasteiger partial charge in [-0.2, -0.15) is 0 Å². The third-order valence-corrected chi connectivity index (χ3v) is 7.59. The van der Waals surface area contributed by atoms with Gasteiger partial charge in [-0.1, -0.05) is 36.4 Å². The van der Waals surface area contributed by atoms with Gasteiger partial charge in [-0.15, -0.1) is 6.58 Å². The number of piperidine rings is 1. The number of carbonyl (C=O) groups is 1. The van der Waals surface area contributed by atoms with E-state index < -0.39 is 0 Å². The number of nitrogens with zero attached hydrogens (tertiary/aromatic N) is 2. The van der Waals surface area contributed by atoms with Crippen molar-refractivity contribution in [2.75, 3.05) is 33.8 Å². The second-order valence-corrected chi connectivity index (χ2v) is 9.26. The van der Waals surface area contributed by atoms with Crippen LogP contribution in [0.2, 0.25) is 0 Å². The molecule has 4 atom stereocenters. The quantitative estimate of drug-likeness (QED) is 0.696. The highest BCUT2D eigenvalue weighted by molar-refractivity contribution is 5.94. The number of ether oxygens (including phenoxy) is 1. The van der Waals surface area contributed by atoms with Crippen LogP contribution in [0.15, 0.2) is 67.3 Å². The van der Waals surface area contributed by atoms with Gasteiger partial charge in [0.05, 0.1) is 6.10 Å². The highest BCUT2D eigenvalue weighted by atomic mass is 16.5. The van der Waals surface area contributed by atoms with Gasteiger partial charge < -0.3 is 14.7 Å². The van der Waals surface area contributed by atoms with E-state index in [1.54, 1.807) is 13.2 Å². The van der Waals surface area contributed by atoms with Crippen molar-refractivity contribution in [2.45, 2.75) is 36.8 Å². The second-order valence-electron chi connectivity index (χ2n) is 9.26. The van der Waals surface area contributed by atoms with E-state index >= 15 is 0 Å². The molecule has 1 heterocycles. The number of benzene rings is 2. The largest absolute Gasteiger partial charge is 0.508 e. The molecule has 4 rings (SSSR count). The molecular weight excluding hydrogens is 400 g/mol. The Morgan fingerprint density at radius 3 is 2.75 bits per heavy atom. The molecule has 5 heteroatoms. The molecule has 0 radical (unpaired) electrons. The molecular formula is C27H34N2O3. The van der Waals surface area contributed by atoms with Gasteiger partial charge in [0, 0.05) is 50.2 Å². The number of likely N-dealkylation sites (tertiary alicyclic amines) is 1. The minimum Gasteiger partial charge on any atom is -0.508 e. The number of methoxy groups -OCH3 is 1. The van der Waals surface area contributed by atoms with Crippen LogP contribution in [0.25, 0.3) is 0 Å². The Kier molecular flexibility index (Phi) is 6.68. The Labute approximate surface area is 191 Å². The number of fused-ring (bicyclic) bond motifs is 1. The fourth-order valence-electron chi connectivity index (χ4n) is 5.90. The van der Waals surface area contributed by atoms with Crippen molar-refractivity contribution < 1.29 is 14.6 Å². The van der Waals surface area contributed by atoms with Crippen molar-refractivity contribution in [1.82, 2.24) is 9.80 Å². The molecule has 4 unspecified atom stereocenters. The maximum Gasteiger partial charge on any atom is 0.253 e. The number of phenolic OH excluding ortho intramolecular Hbond substituents is 1. The van der Waals surface area contributed by atoms with Crippen LogP contribution in [0, 0.1) is 5.92 Å². The van der Waals surface area contributed by atoms with E-state index in [0.29, 0.717) is 5.56 Å². The van der Waals surface area contributed by atoms with Crippen LogP contribution >= 0.6 is 0 Å². The van der Waals surface area contributed by atoms with Gasteiger partial charge in [0.25, 0.3) is 5.91 Å². The normalized spacial score (nSPS) is 28.0. The zero-order valence-corrected chi connectivity index (χ0v) is 19.1. The van der Waals surface area contributed by atoms with Gasteiger partial charge in [-0.3, -0.25) is 9.69 Å². The zero-order valence-electron chi connectivity index (χ0n) is 19.1. The average molecular weight is 435 g/mol. The van der Waals surface area contributed by atoms with Gasteiger partial charge >= 0.3 is 0 Å². The minimum absolute atomic E-state index is 0.0229. The van der Waals surface area contributed by atoms with Crippen LogP contribution < -0.4 is 0 Å². The molecule has 170 valence electrons. The average Bonchev–Trinajstić information content (AvgIpc) is 2.83. The summed E-state index contributed by atoms with van der Waals surface area (Å²) < 4.78 is 6.08. The highest BCUT2D eigenvalue weighted by Gasteiger charge is 2.53. The lowest BCUT2D eigenvalue weighted by molar-refractivity contribution is -0.0772. The van der Waals surface area contributed by atoms with Crippen molar-refractivity contribution in [3.8, 4) is 5.75 Å². The van der Waals surface area contributed by atoms with Crippen LogP contribution in [0.4, 0.5) is 0 Å². The number of hydrogen-bond acceptors (Lipinski definition) is 4. The van der Waals surface area contributed by atoms with E-state index in [9.17, 15) is 9.90 Å². The Morgan fingerprint density at radius 1 is 1.28 bits per heavy atom. The maximum absolute atomic E-state index is 13.3. The van der Waals surface area contributed by atoms with E-state index in [2.05, 4.69) is 17.5 Å². The summed E-state index contributed by atoms with van der Waals surface area (Å²) in [5.74, 6) is 0.604. The molecule has 0 aromatic heterocycles. The molecule has 2 aliphatic rings. The van der Waals surface area contributed by atoms with Crippen LogP contribution in [0.1, 0.15) is 35.2 Å². The topological polar surface area (TPSA) is 53.0 Å². The summed E-state index contributed by atoms with van der Waals surface area (Å²) in [5.41, 5.74) is 1.69. The lowest BCUT2D eigenvalue weighted by Crippen LogP contribution is -2.61. The van der Waals surface area contributed by atoms with Crippen LogP contribution in [-0.2, 0) is 10.2 Å². The van der Waals surface area contributed by atoms with Gasteiger partial charge in [-0.25, -0.2) is 0 Å². The van der Waals surface area contributed by atoms with E-state index in [0.717, 1.165) is 44.5 Å². The third kappa shape index (κ3) is 4.19. The molecule has 2 fully saturated rings. The zero-order chi connectivity index (χ0) is 22.7.